The minimum absolute atomic E-state index is 0.0424. The molecule has 1 aliphatic heterocycles. The molecule has 216 valence electrons. The molecule has 5 rings (SSSR count). The summed E-state index contributed by atoms with van der Waals surface area (Å²) in [6.45, 7) is 5.20. The minimum atomic E-state index is -3.94. The number of likely N-dealkylation sites (tertiary alicyclic amines) is 1. The summed E-state index contributed by atoms with van der Waals surface area (Å²) in [6, 6.07) is 13.4. The molecule has 0 unspecified atom stereocenters. The maximum Gasteiger partial charge on any atom is 0.269 e. The standard InChI is InChI=1S/C29H33N5O6S/c1-5-40-27-23-14-16-34(41(36,37)22-11-8-19(2)9-12-22)26(23)31-29(32-27)30-24-13-10-20(17-25(24)39-4)28(35)33-15-6-7-21(33)18-38-3/h8-14,16-17,21H,5-7,15,18H2,1-4H3,(H,30,31,32)/t21-/m0/s1. The number of methoxy groups -OCH3 is 2. The van der Waals surface area contributed by atoms with E-state index in [1.54, 1.807) is 55.6 Å². The topological polar surface area (TPSA) is 125 Å². The van der Waals surface area contributed by atoms with Gasteiger partial charge in [0.15, 0.2) is 5.65 Å². The van der Waals surface area contributed by atoms with Gasteiger partial charge in [0.25, 0.3) is 15.9 Å². The van der Waals surface area contributed by atoms with Gasteiger partial charge in [-0.05, 0) is 63.1 Å². The van der Waals surface area contributed by atoms with E-state index in [-0.39, 0.29) is 34.3 Å². The lowest BCUT2D eigenvalue weighted by Gasteiger charge is -2.24. The van der Waals surface area contributed by atoms with Crippen LogP contribution in [0.3, 0.4) is 0 Å². The van der Waals surface area contributed by atoms with Gasteiger partial charge in [0.1, 0.15) is 5.75 Å². The molecule has 12 heteroatoms. The number of carbonyl (C=O) groups is 1. The fourth-order valence-corrected chi connectivity index (χ4v) is 6.26. The highest BCUT2D eigenvalue weighted by Gasteiger charge is 2.30. The Kier molecular flexibility index (Phi) is 8.13. The zero-order valence-electron chi connectivity index (χ0n) is 23.5. The molecule has 4 aromatic rings. The number of hydrogen-bond donors (Lipinski definition) is 1. The van der Waals surface area contributed by atoms with Gasteiger partial charge in [0.2, 0.25) is 11.8 Å². The Labute approximate surface area is 239 Å². The molecular weight excluding hydrogens is 546 g/mol. The van der Waals surface area contributed by atoms with Crippen LogP contribution in [0.25, 0.3) is 11.0 Å². The van der Waals surface area contributed by atoms with Crippen LogP contribution in [0.5, 0.6) is 11.6 Å². The van der Waals surface area contributed by atoms with Gasteiger partial charge in [-0.3, -0.25) is 4.79 Å². The van der Waals surface area contributed by atoms with Gasteiger partial charge in [-0.2, -0.15) is 9.97 Å². The van der Waals surface area contributed by atoms with Crippen molar-refractivity contribution in [3.63, 3.8) is 0 Å². The van der Waals surface area contributed by atoms with E-state index < -0.39 is 10.0 Å². The van der Waals surface area contributed by atoms with Crippen molar-refractivity contribution in [3.05, 3.63) is 65.9 Å². The number of carbonyl (C=O) groups excluding carboxylic acids is 1. The molecule has 2 aromatic heterocycles. The smallest absolute Gasteiger partial charge is 0.269 e. The van der Waals surface area contributed by atoms with Crippen molar-refractivity contribution >= 4 is 38.6 Å². The Bertz CT molecular complexity index is 1670. The van der Waals surface area contributed by atoms with Gasteiger partial charge in [0, 0.05) is 25.4 Å². The maximum absolute atomic E-state index is 13.5. The second-order valence-electron chi connectivity index (χ2n) is 9.74. The lowest BCUT2D eigenvalue weighted by molar-refractivity contribution is 0.0630. The van der Waals surface area contributed by atoms with Crippen LogP contribution in [0, 0.1) is 6.92 Å². The summed E-state index contributed by atoms with van der Waals surface area (Å²) in [6.07, 6.45) is 3.27. The minimum Gasteiger partial charge on any atom is -0.495 e. The van der Waals surface area contributed by atoms with Crippen LogP contribution in [0.1, 0.15) is 35.7 Å². The van der Waals surface area contributed by atoms with Gasteiger partial charge < -0.3 is 24.4 Å². The largest absolute Gasteiger partial charge is 0.495 e. The molecule has 1 amide bonds. The number of nitrogens with one attached hydrogen (secondary N) is 1. The van der Waals surface area contributed by atoms with Crippen molar-refractivity contribution in [2.45, 2.75) is 37.6 Å². The second kappa shape index (κ2) is 11.8. The number of amides is 1. The molecule has 1 N–H and O–H groups in total. The van der Waals surface area contributed by atoms with Crippen LogP contribution in [0.2, 0.25) is 0 Å². The normalized spacial score (nSPS) is 15.3. The van der Waals surface area contributed by atoms with Gasteiger partial charge >= 0.3 is 0 Å². The highest BCUT2D eigenvalue weighted by atomic mass is 32.2. The maximum atomic E-state index is 13.5. The zero-order chi connectivity index (χ0) is 29.1. The molecule has 0 aliphatic carbocycles. The summed E-state index contributed by atoms with van der Waals surface area (Å²) >= 11 is 0. The van der Waals surface area contributed by atoms with E-state index >= 15 is 0 Å². The second-order valence-corrected chi connectivity index (χ2v) is 11.6. The Balaban J connectivity index is 1.50. The summed E-state index contributed by atoms with van der Waals surface area (Å²) in [4.78, 5) is 24.3. The monoisotopic (exact) mass is 579 g/mol. The van der Waals surface area contributed by atoms with Crippen LogP contribution in [0.15, 0.2) is 59.6 Å². The lowest BCUT2D eigenvalue weighted by Crippen LogP contribution is -2.38. The first kappa shape index (κ1) is 28.4. The van der Waals surface area contributed by atoms with E-state index in [9.17, 15) is 13.2 Å². The predicted molar refractivity (Wildman–Crippen MR) is 155 cm³/mol. The first-order valence-corrected chi connectivity index (χ1v) is 14.8. The fraction of sp³-hybridized carbons (Fsp3) is 0.345. The van der Waals surface area contributed by atoms with E-state index in [2.05, 4.69) is 15.3 Å². The summed E-state index contributed by atoms with van der Waals surface area (Å²) in [5.41, 5.74) is 2.10. The molecule has 0 radical (unpaired) electrons. The van der Waals surface area contributed by atoms with Crippen LogP contribution in [-0.2, 0) is 14.8 Å². The van der Waals surface area contributed by atoms with Crippen LogP contribution in [-0.4, -0.2) is 73.2 Å². The highest BCUT2D eigenvalue weighted by Crippen LogP contribution is 2.33. The van der Waals surface area contributed by atoms with Crippen LogP contribution in [0.4, 0.5) is 11.6 Å². The molecule has 0 saturated carbocycles. The molecule has 0 bridgehead atoms. The van der Waals surface area contributed by atoms with Crippen LogP contribution < -0.4 is 14.8 Å². The third-order valence-electron chi connectivity index (χ3n) is 7.03. The number of benzene rings is 2. The Morgan fingerprint density at radius 3 is 2.59 bits per heavy atom. The molecule has 0 spiro atoms. The average molecular weight is 580 g/mol. The number of anilines is 2. The summed E-state index contributed by atoms with van der Waals surface area (Å²) in [7, 11) is -0.796. The van der Waals surface area contributed by atoms with Gasteiger partial charge in [0.05, 0.1) is 42.3 Å². The van der Waals surface area contributed by atoms with Crippen molar-refractivity contribution in [1.29, 1.82) is 0 Å². The number of aryl methyl sites for hydroxylation is 1. The first-order chi connectivity index (χ1) is 19.8. The molecule has 11 nitrogen and oxygen atoms in total. The molecule has 1 atom stereocenters. The third-order valence-corrected chi connectivity index (χ3v) is 8.71. The Hall–Kier alpha value is -4.16. The molecule has 1 aliphatic rings. The van der Waals surface area contributed by atoms with E-state index in [0.29, 0.717) is 42.1 Å². The SMILES string of the molecule is CCOc1nc(Nc2ccc(C(=O)N3CCC[C@H]3COC)cc2OC)nc2c1ccn2S(=O)(=O)c1ccc(C)cc1. The number of ether oxygens (including phenoxy) is 3. The number of aromatic nitrogens is 3. The van der Waals surface area contributed by atoms with Crippen LogP contribution >= 0.6 is 0 Å². The summed E-state index contributed by atoms with van der Waals surface area (Å²) < 4.78 is 44.8. The van der Waals surface area contributed by atoms with Crippen molar-refractivity contribution in [2.75, 3.05) is 39.3 Å². The first-order valence-electron chi connectivity index (χ1n) is 13.4. The van der Waals surface area contributed by atoms with Crippen molar-refractivity contribution in [3.8, 4) is 11.6 Å². The fourth-order valence-electron chi connectivity index (χ4n) is 4.97. The van der Waals surface area contributed by atoms with Gasteiger partial charge in [-0.25, -0.2) is 12.4 Å². The van der Waals surface area contributed by atoms with E-state index in [1.165, 1.54) is 13.3 Å². The quantitative estimate of drug-likeness (QED) is 0.291. The van der Waals surface area contributed by atoms with E-state index in [0.717, 1.165) is 22.4 Å². The van der Waals surface area contributed by atoms with Gasteiger partial charge in [-0.15, -0.1) is 0 Å². The van der Waals surface area contributed by atoms with Crippen molar-refractivity contribution in [2.24, 2.45) is 0 Å². The summed E-state index contributed by atoms with van der Waals surface area (Å²) in [5, 5.41) is 3.57. The Morgan fingerprint density at radius 2 is 1.88 bits per heavy atom. The predicted octanol–water partition coefficient (Wildman–Crippen LogP) is 4.38. The molecular formula is C29H33N5O6S. The lowest BCUT2D eigenvalue weighted by atomic mass is 10.1. The van der Waals surface area contributed by atoms with Crippen molar-refractivity contribution in [1.82, 2.24) is 18.8 Å². The number of fused-ring (bicyclic) bond motifs is 1. The van der Waals surface area contributed by atoms with Crippen molar-refractivity contribution < 1.29 is 27.4 Å². The molecule has 2 aromatic carbocycles. The highest BCUT2D eigenvalue weighted by molar-refractivity contribution is 7.90. The average Bonchev–Trinajstić information content (AvgIpc) is 3.61. The molecule has 1 fully saturated rings. The van der Waals surface area contributed by atoms with Gasteiger partial charge in [-0.1, -0.05) is 17.7 Å². The molecule has 3 heterocycles. The Morgan fingerprint density at radius 1 is 1.10 bits per heavy atom. The molecule has 41 heavy (non-hydrogen) atoms. The number of hydrogen-bond acceptors (Lipinski definition) is 9. The third kappa shape index (κ3) is 5.57. The molecule has 1 saturated heterocycles. The summed E-state index contributed by atoms with van der Waals surface area (Å²) in [5.74, 6) is 0.659. The number of rotatable bonds is 10. The van der Waals surface area contributed by atoms with E-state index in [1.807, 2.05) is 18.7 Å². The number of nitrogens with zero attached hydrogens (tertiary/aromatic N) is 4. The van der Waals surface area contributed by atoms with E-state index in [4.69, 9.17) is 14.2 Å². The zero-order valence-corrected chi connectivity index (χ0v) is 24.3.